The zero-order chi connectivity index (χ0) is 14.6. The fourth-order valence-corrected chi connectivity index (χ4v) is 2.25. The van der Waals surface area contributed by atoms with Crippen LogP contribution >= 0.6 is 0 Å². The second kappa shape index (κ2) is 10.6. The first-order chi connectivity index (χ1) is 9.83. The van der Waals surface area contributed by atoms with Crippen molar-refractivity contribution in [1.29, 1.82) is 0 Å². The molecule has 0 aliphatic heterocycles. The van der Waals surface area contributed by atoms with Crippen molar-refractivity contribution in [3.63, 3.8) is 0 Å². The first-order valence-electron chi connectivity index (χ1n) is 7.82. The number of hydrogen-bond donors (Lipinski definition) is 1. The smallest absolute Gasteiger partial charge is 0.165 e. The molecule has 0 aromatic heterocycles. The van der Waals surface area contributed by atoms with Crippen molar-refractivity contribution in [2.45, 2.75) is 52.5 Å². The molecule has 0 spiro atoms. The van der Waals surface area contributed by atoms with E-state index in [9.17, 15) is 0 Å². The van der Waals surface area contributed by atoms with Crippen molar-refractivity contribution < 1.29 is 9.47 Å². The Bertz CT molecular complexity index is 366. The predicted octanol–water partition coefficient (Wildman–Crippen LogP) is 4.15. The molecule has 114 valence electrons. The normalized spacial score (nSPS) is 10.6. The standard InChI is InChI=1S/C17H29NO2/c1-4-6-7-8-9-13-18-14-15-11-10-12-16(19-3)17(15)20-5-2/h10-12,18H,4-9,13-14H2,1-3H3. The number of unbranched alkanes of at least 4 members (excludes halogenated alkanes) is 4. The molecule has 0 radical (unpaired) electrons. The van der Waals surface area contributed by atoms with Gasteiger partial charge in [-0.15, -0.1) is 0 Å². The highest BCUT2D eigenvalue weighted by atomic mass is 16.5. The lowest BCUT2D eigenvalue weighted by atomic mass is 10.1. The van der Waals surface area contributed by atoms with Gasteiger partial charge < -0.3 is 14.8 Å². The Morgan fingerprint density at radius 3 is 2.55 bits per heavy atom. The Balaban J connectivity index is 2.39. The zero-order valence-electron chi connectivity index (χ0n) is 13.2. The molecule has 1 N–H and O–H groups in total. The Kier molecular flexibility index (Phi) is 8.88. The molecule has 0 aliphatic carbocycles. The summed E-state index contributed by atoms with van der Waals surface area (Å²) >= 11 is 0. The SMILES string of the molecule is CCCCCCCNCc1cccc(OC)c1OCC. The first-order valence-corrected chi connectivity index (χ1v) is 7.82. The van der Waals surface area contributed by atoms with Gasteiger partial charge in [-0.3, -0.25) is 0 Å². The van der Waals surface area contributed by atoms with Gasteiger partial charge in [0.2, 0.25) is 0 Å². The molecular weight excluding hydrogens is 250 g/mol. The first kappa shape index (κ1) is 16.8. The summed E-state index contributed by atoms with van der Waals surface area (Å²) in [6.45, 7) is 6.80. The molecule has 0 heterocycles. The van der Waals surface area contributed by atoms with Crippen LogP contribution in [0.15, 0.2) is 18.2 Å². The Morgan fingerprint density at radius 1 is 1.05 bits per heavy atom. The highest BCUT2D eigenvalue weighted by molar-refractivity contribution is 5.46. The molecule has 0 amide bonds. The van der Waals surface area contributed by atoms with Crippen molar-refractivity contribution in [2.75, 3.05) is 20.3 Å². The molecule has 3 nitrogen and oxygen atoms in total. The highest BCUT2D eigenvalue weighted by Crippen LogP contribution is 2.30. The third kappa shape index (κ3) is 5.83. The van der Waals surface area contributed by atoms with E-state index < -0.39 is 0 Å². The lowest BCUT2D eigenvalue weighted by Crippen LogP contribution is -2.15. The summed E-state index contributed by atoms with van der Waals surface area (Å²) in [7, 11) is 1.68. The maximum atomic E-state index is 5.70. The highest BCUT2D eigenvalue weighted by Gasteiger charge is 2.09. The molecule has 0 unspecified atom stereocenters. The fraction of sp³-hybridized carbons (Fsp3) is 0.647. The van der Waals surface area contributed by atoms with Gasteiger partial charge in [0.25, 0.3) is 0 Å². The minimum absolute atomic E-state index is 0.657. The summed E-state index contributed by atoms with van der Waals surface area (Å²) in [4.78, 5) is 0. The van der Waals surface area contributed by atoms with E-state index in [0.717, 1.165) is 24.6 Å². The molecule has 0 saturated carbocycles. The van der Waals surface area contributed by atoms with Gasteiger partial charge in [-0.1, -0.05) is 44.7 Å². The number of rotatable bonds is 11. The van der Waals surface area contributed by atoms with Gasteiger partial charge in [-0.05, 0) is 26.0 Å². The van der Waals surface area contributed by atoms with Gasteiger partial charge in [0.15, 0.2) is 11.5 Å². The van der Waals surface area contributed by atoms with Gasteiger partial charge in [-0.2, -0.15) is 0 Å². The van der Waals surface area contributed by atoms with Crippen molar-refractivity contribution in [3.05, 3.63) is 23.8 Å². The zero-order valence-corrected chi connectivity index (χ0v) is 13.2. The minimum Gasteiger partial charge on any atom is -0.493 e. The Labute approximate surface area is 123 Å². The van der Waals surface area contributed by atoms with Crippen LogP contribution in [0, 0.1) is 0 Å². The Morgan fingerprint density at radius 2 is 1.85 bits per heavy atom. The van der Waals surface area contributed by atoms with Crippen molar-refractivity contribution >= 4 is 0 Å². The topological polar surface area (TPSA) is 30.5 Å². The maximum absolute atomic E-state index is 5.70. The van der Waals surface area contributed by atoms with Gasteiger partial charge in [0.1, 0.15) is 0 Å². The summed E-state index contributed by atoms with van der Waals surface area (Å²) in [5.74, 6) is 1.69. The van der Waals surface area contributed by atoms with Gasteiger partial charge in [0.05, 0.1) is 13.7 Å². The molecule has 0 saturated heterocycles. The maximum Gasteiger partial charge on any atom is 0.165 e. The monoisotopic (exact) mass is 279 g/mol. The molecule has 0 aliphatic rings. The molecule has 0 atom stereocenters. The summed E-state index contributed by atoms with van der Waals surface area (Å²) in [5, 5.41) is 3.49. The van der Waals surface area contributed by atoms with Crippen molar-refractivity contribution in [3.8, 4) is 11.5 Å². The van der Waals surface area contributed by atoms with Crippen LogP contribution in [-0.2, 0) is 6.54 Å². The van der Waals surface area contributed by atoms with E-state index in [0.29, 0.717) is 6.61 Å². The van der Waals surface area contributed by atoms with Gasteiger partial charge >= 0.3 is 0 Å². The van der Waals surface area contributed by atoms with Crippen LogP contribution in [0.4, 0.5) is 0 Å². The van der Waals surface area contributed by atoms with Crippen LogP contribution in [0.2, 0.25) is 0 Å². The van der Waals surface area contributed by atoms with Crippen molar-refractivity contribution in [1.82, 2.24) is 5.32 Å². The molecule has 20 heavy (non-hydrogen) atoms. The average Bonchev–Trinajstić information content (AvgIpc) is 2.48. The van der Waals surface area contributed by atoms with Gasteiger partial charge in [-0.25, -0.2) is 0 Å². The second-order valence-electron chi connectivity index (χ2n) is 4.97. The van der Waals surface area contributed by atoms with E-state index in [1.165, 1.54) is 37.7 Å². The third-order valence-electron chi connectivity index (χ3n) is 3.34. The summed E-state index contributed by atoms with van der Waals surface area (Å²) in [5.41, 5.74) is 1.17. The van der Waals surface area contributed by atoms with Gasteiger partial charge in [0, 0.05) is 12.1 Å². The number of nitrogens with one attached hydrogen (secondary N) is 1. The number of hydrogen-bond acceptors (Lipinski definition) is 3. The number of para-hydroxylation sites is 1. The predicted molar refractivity (Wildman–Crippen MR) is 84.6 cm³/mol. The van der Waals surface area contributed by atoms with Crippen LogP contribution in [0.1, 0.15) is 51.5 Å². The van der Waals surface area contributed by atoms with Crippen LogP contribution in [0.5, 0.6) is 11.5 Å². The fourth-order valence-electron chi connectivity index (χ4n) is 2.25. The van der Waals surface area contributed by atoms with E-state index in [-0.39, 0.29) is 0 Å². The van der Waals surface area contributed by atoms with Crippen LogP contribution < -0.4 is 14.8 Å². The van der Waals surface area contributed by atoms with E-state index in [1.54, 1.807) is 7.11 Å². The van der Waals surface area contributed by atoms with E-state index in [1.807, 2.05) is 19.1 Å². The van der Waals surface area contributed by atoms with Crippen LogP contribution in [-0.4, -0.2) is 20.3 Å². The van der Waals surface area contributed by atoms with Crippen molar-refractivity contribution in [2.24, 2.45) is 0 Å². The van der Waals surface area contributed by atoms with E-state index >= 15 is 0 Å². The largest absolute Gasteiger partial charge is 0.493 e. The summed E-state index contributed by atoms with van der Waals surface area (Å²) in [6.07, 6.45) is 6.56. The third-order valence-corrected chi connectivity index (χ3v) is 3.34. The van der Waals surface area contributed by atoms with E-state index in [2.05, 4.69) is 18.3 Å². The summed E-state index contributed by atoms with van der Waals surface area (Å²) < 4.78 is 11.1. The van der Waals surface area contributed by atoms with Crippen LogP contribution in [0.25, 0.3) is 0 Å². The molecule has 1 aromatic carbocycles. The Hall–Kier alpha value is -1.22. The average molecular weight is 279 g/mol. The molecular formula is C17H29NO2. The second-order valence-corrected chi connectivity index (χ2v) is 4.97. The molecule has 3 heteroatoms. The van der Waals surface area contributed by atoms with Crippen LogP contribution in [0.3, 0.4) is 0 Å². The molecule has 1 aromatic rings. The number of benzene rings is 1. The number of ether oxygens (including phenoxy) is 2. The molecule has 0 fully saturated rings. The lowest BCUT2D eigenvalue weighted by Gasteiger charge is -2.14. The lowest BCUT2D eigenvalue weighted by molar-refractivity contribution is 0.306. The minimum atomic E-state index is 0.657. The van der Waals surface area contributed by atoms with E-state index in [4.69, 9.17) is 9.47 Å². The quantitative estimate of drug-likeness (QED) is 0.617. The molecule has 1 rings (SSSR count). The number of methoxy groups -OCH3 is 1. The molecule has 0 bridgehead atoms. The summed E-state index contributed by atoms with van der Waals surface area (Å²) in [6, 6.07) is 6.05.